The molecule has 0 aliphatic rings. The normalized spacial score (nSPS) is 10.8. The van der Waals surface area contributed by atoms with Crippen molar-refractivity contribution in [3.63, 3.8) is 0 Å². The van der Waals surface area contributed by atoms with Crippen LogP contribution >= 0.6 is 0 Å². The van der Waals surface area contributed by atoms with Crippen molar-refractivity contribution in [2.24, 2.45) is 12.9 Å². The Morgan fingerprint density at radius 1 is 1.19 bits per heavy atom. The van der Waals surface area contributed by atoms with Crippen molar-refractivity contribution in [1.82, 2.24) is 25.2 Å². The number of carbonyl (C=O) groups excluding carboxylic acids is 1. The summed E-state index contributed by atoms with van der Waals surface area (Å²) in [5.74, 6) is 5.77. The summed E-state index contributed by atoms with van der Waals surface area (Å²) in [5, 5.41) is 7.37. The molecule has 8 heteroatoms. The number of hydrogen-bond donors (Lipinski definition) is 3. The number of nitrogens with one attached hydrogen (secondary N) is 2. The molecule has 8 nitrogen and oxygen atoms in total. The number of nitrogen functional groups attached to an aromatic ring is 1. The zero-order valence-electron chi connectivity index (χ0n) is 14.9. The van der Waals surface area contributed by atoms with E-state index in [9.17, 15) is 4.79 Å². The minimum Gasteiger partial charge on any atom is -0.367 e. The van der Waals surface area contributed by atoms with Crippen LogP contribution in [0.4, 0.5) is 5.82 Å². The molecule has 1 amide bonds. The van der Waals surface area contributed by atoms with Gasteiger partial charge in [-0.15, -0.1) is 0 Å². The molecule has 0 atom stereocenters. The maximum absolute atomic E-state index is 11.9. The van der Waals surface area contributed by atoms with Gasteiger partial charge < -0.3 is 5.32 Å². The predicted octanol–water partition coefficient (Wildman–Crippen LogP) is 1.97. The third kappa shape index (κ3) is 3.70. The van der Waals surface area contributed by atoms with Crippen LogP contribution in [-0.4, -0.2) is 31.7 Å². The fourth-order valence-electron chi connectivity index (χ4n) is 2.56. The van der Waals surface area contributed by atoms with E-state index in [1.807, 2.05) is 51.4 Å². The first kappa shape index (κ1) is 17.6. The summed E-state index contributed by atoms with van der Waals surface area (Å²) in [6, 6.07) is 7.97. The van der Waals surface area contributed by atoms with E-state index in [1.54, 1.807) is 10.9 Å². The Morgan fingerprint density at radius 3 is 2.62 bits per heavy atom. The standard InChI is InChI=1S/C18H21N7O/c1-11(2)22-17-15(18(26)24-19)9-20-16(23-17)13-6-4-5-12(7-13)14-8-21-25(3)10-14/h4-11H,19H2,1-3H3,(H,24,26)(H,20,22,23). The Hall–Kier alpha value is -3.26. The lowest BCUT2D eigenvalue weighted by Crippen LogP contribution is -2.31. The number of hydrazine groups is 1. The van der Waals surface area contributed by atoms with E-state index in [-0.39, 0.29) is 6.04 Å². The van der Waals surface area contributed by atoms with E-state index >= 15 is 0 Å². The lowest BCUT2D eigenvalue weighted by molar-refractivity contribution is 0.0954. The number of aromatic nitrogens is 4. The Bertz CT molecular complexity index is 933. The first-order valence-corrected chi connectivity index (χ1v) is 8.22. The van der Waals surface area contributed by atoms with E-state index in [1.165, 1.54) is 6.20 Å². The average molecular weight is 351 g/mol. The molecule has 134 valence electrons. The van der Waals surface area contributed by atoms with E-state index in [4.69, 9.17) is 5.84 Å². The highest BCUT2D eigenvalue weighted by atomic mass is 16.2. The molecule has 3 rings (SSSR count). The smallest absolute Gasteiger partial charge is 0.270 e. The van der Waals surface area contributed by atoms with Crippen LogP contribution in [0.25, 0.3) is 22.5 Å². The summed E-state index contributed by atoms with van der Waals surface area (Å²) in [6.45, 7) is 3.93. The lowest BCUT2D eigenvalue weighted by atomic mass is 10.1. The summed E-state index contributed by atoms with van der Waals surface area (Å²) in [6.07, 6.45) is 5.23. The Labute approximate surface area is 151 Å². The summed E-state index contributed by atoms with van der Waals surface area (Å²) in [4.78, 5) is 20.8. The molecule has 0 saturated heterocycles. The van der Waals surface area contributed by atoms with Gasteiger partial charge in [0.1, 0.15) is 11.4 Å². The summed E-state index contributed by atoms with van der Waals surface area (Å²) < 4.78 is 1.75. The molecule has 3 aromatic rings. The highest BCUT2D eigenvalue weighted by molar-refractivity contribution is 5.98. The average Bonchev–Trinajstić information content (AvgIpc) is 3.07. The first-order valence-electron chi connectivity index (χ1n) is 8.22. The van der Waals surface area contributed by atoms with Crippen molar-refractivity contribution in [2.75, 3.05) is 5.32 Å². The number of hydrogen-bond acceptors (Lipinski definition) is 6. The second-order valence-electron chi connectivity index (χ2n) is 6.21. The summed E-state index contributed by atoms with van der Waals surface area (Å²) in [5.41, 5.74) is 5.29. The number of amides is 1. The van der Waals surface area contributed by atoms with Crippen molar-refractivity contribution < 1.29 is 4.79 Å². The number of aryl methyl sites for hydroxylation is 1. The fraction of sp³-hybridized carbons (Fsp3) is 0.222. The largest absolute Gasteiger partial charge is 0.367 e. The number of rotatable bonds is 5. The molecule has 26 heavy (non-hydrogen) atoms. The van der Waals surface area contributed by atoms with Gasteiger partial charge in [-0.3, -0.25) is 14.9 Å². The van der Waals surface area contributed by atoms with E-state index < -0.39 is 5.91 Å². The minimum atomic E-state index is -0.441. The van der Waals surface area contributed by atoms with E-state index in [0.29, 0.717) is 17.2 Å². The SMILES string of the molecule is CC(C)Nc1nc(-c2cccc(-c3cnn(C)c3)c2)ncc1C(=O)NN. The van der Waals surface area contributed by atoms with Gasteiger partial charge in [0.05, 0.1) is 6.20 Å². The molecule has 0 fully saturated rings. The Morgan fingerprint density at radius 2 is 1.96 bits per heavy atom. The van der Waals surface area contributed by atoms with E-state index in [0.717, 1.165) is 16.7 Å². The molecule has 4 N–H and O–H groups in total. The van der Waals surface area contributed by atoms with Gasteiger partial charge in [-0.1, -0.05) is 18.2 Å². The molecule has 1 aromatic carbocycles. The second-order valence-corrected chi connectivity index (χ2v) is 6.21. The number of benzene rings is 1. The molecule has 0 unspecified atom stereocenters. The number of nitrogens with two attached hydrogens (primary N) is 1. The van der Waals surface area contributed by atoms with Gasteiger partial charge in [0.15, 0.2) is 5.82 Å². The van der Waals surface area contributed by atoms with Crippen LogP contribution in [0.15, 0.2) is 42.9 Å². The van der Waals surface area contributed by atoms with Crippen LogP contribution in [0.1, 0.15) is 24.2 Å². The Balaban J connectivity index is 2.02. The van der Waals surface area contributed by atoms with Crippen LogP contribution < -0.4 is 16.6 Å². The van der Waals surface area contributed by atoms with Gasteiger partial charge in [0, 0.05) is 36.6 Å². The highest BCUT2D eigenvalue weighted by Crippen LogP contribution is 2.25. The molecule has 0 saturated carbocycles. The third-order valence-corrected chi connectivity index (χ3v) is 3.75. The zero-order valence-corrected chi connectivity index (χ0v) is 14.9. The van der Waals surface area contributed by atoms with Crippen molar-refractivity contribution in [3.8, 4) is 22.5 Å². The van der Waals surface area contributed by atoms with Gasteiger partial charge in [-0.2, -0.15) is 5.10 Å². The van der Waals surface area contributed by atoms with E-state index in [2.05, 4.69) is 25.8 Å². The van der Waals surface area contributed by atoms with Crippen LogP contribution in [0.2, 0.25) is 0 Å². The first-order chi connectivity index (χ1) is 12.5. The Kier molecular flexibility index (Phi) is 4.94. The van der Waals surface area contributed by atoms with Crippen LogP contribution in [0.5, 0.6) is 0 Å². The van der Waals surface area contributed by atoms with Gasteiger partial charge in [-0.05, 0) is 25.5 Å². The highest BCUT2D eigenvalue weighted by Gasteiger charge is 2.15. The lowest BCUT2D eigenvalue weighted by Gasteiger charge is -2.14. The van der Waals surface area contributed by atoms with Gasteiger partial charge in [-0.25, -0.2) is 15.8 Å². The molecule has 0 radical (unpaired) electrons. The molecular formula is C18H21N7O. The minimum absolute atomic E-state index is 0.101. The van der Waals surface area contributed by atoms with Crippen molar-refractivity contribution in [3.05, 3.63) is 48.4 Å². The molecule has 0 aliphatic heterocycles. The van der Waals surface area contributed by atoms with Crippen molar-refractivity contribution in [2.45, 2.75) is 19.9 Å². The van der Waals surface area contributed by atoms with Crippen LogP contribution in [0.3, 0.4) is 0 Å². The van der Waals surface area contributed by atoms with Gasteiger partial charge in [0.25, 0.3) is 5.91 Å². The summed E-state index contributed by atoms with van der Waals surface area (Å²) >= 11 is 0. The predicted molar refractivity (Wildman–Crippen MR) is 100 cm³/mol. The topological polar surface area (TPSA) is 111 Å². The number of anilines is 1. The maximum Gasteiger partial charge on any atom is 0.270 e. The molecule has 2 heterocycles. The maximum atomic E-state index is 11.9. The zero-order chi connectivity index (χ0) is 18.7. The third-order valence-electron chi connectivity index (χ3n) is 3.75. The quantitative estimate of drug-likeness (QED) is 0.368. The fourth-order valence-corrected chi connectivity index (χ4v) is 2.56. The number of nitrogens with zero attached hydrogens (tertiary/aromatic N) is 4. The number of carbonyl (C=O) groups is 1. The van der Waals surface area contributed by atoms with Gasteiger partial charge >= 0.3 is 0 Å². The molecular weight excluding hydrogens is 330 g/mol. The molecule has 0 bridgehead atoms. The molecule has 0 aliphatic carbocycles. The van der Waals surface area contributed by atoms with Gasteiger partial charge in [0.2, 0.25) is 0 Å². The molecule has 0 spiro atoms. The van der Waals surface area contributed by atoms with Crippen LogP contribution in [-0.2, 0) is 7.05 Å². The van der Waals surface area contributed by atoms with Crippen LogP contribution in [0, 0.1) is 0 Å². The monoisotopic (exact) mass is 351 g/mol. The van der Waals surface area contributed by atoms with Crippen molar-refractivity contribution >= 4 is 11.7 Å². The summed E-state index contributed by atoms with van der Waals surface area (Å²) in [7, 11) is 1.88. The second kappa shape index (κ2) is 7.32. The van der Waals surface area contributed by atoms with Crippen molar-refractivity contribution in [1.29, 1.82) is 0 Å². The molecule has 2 aromatic heterocycles.